The molecule has 0 bridgehead atoms. The lowest BCUT2D eigenvalue weighted by Gasteiger charge is -1.94. The number of aliphatic hydroxyl groups is 4. The SMILES string of the molecule is CCCC(O)O.O=C(O)CCC(=O)O.OCCO. The second kappa shape index (κ2) is 18.2. The first-order valence-electron chi connectivity index (χ1n) is 5.33. The van der Waals surface area contributed by atoms with Gasteiger partial charge in [-0.1, -0.05) is 13.3 Å². The molecule has 0 saturated carbocycles. The van der Waals surface area contributed by atoms with Gasteiger partial charge in [-0.05, 0) is 6.42 Å². The zero-order valence-electron chi connectivity index (χ0n) is 10.3. The molecule has 0 spiro atoms. The van der Waals surface area contributed by atoms with Gasteiger partial charge in [0.05, 0.1) is 26.1 Å². The van der Waals surface area contributed by atoms with E-state index in [0.29, 0.717) is 6.42 Å². The molecule has 0 aromatic carbocycles. The third-order valence-corrected chi connectivity index (χ3v) is 1.20. The Hall–Kier alpha value is -1.22. The first kappa shape index (κ1) is 22.0. The normalized spacial score (nSPS) is 8.78. The van der Waals surface area contributed by atoms with Crippen LogP contribution in [0.5, 0.6) is 0 Å². The summed E-state index contributed by atoms with van der Waals surface area (Å²) in [5.41, 5.74) is 0. The Balaban J connectivity index is -0.000000200. The van der Waals surface area contributed by atoms with Crippen LogP contribution in [0.4, 0.5) is 0 Å². The molecule has 0 rings (SSSR count). The van der Waals surface area contributed by atoms with Gasteiger partial charge in [0.1, 0.15) is 0 Å². The Labute approximate surface area is 105 Å². The second-order valence-electron chi connectivity index (χ2n) is 3.00. The van der Waals surface area contributed by atoms with Crippen molar-refractivity contribution in [1.82, 2.24) is 0 Å². The summed E-state index contributed by atoms with van der Waals surface area (Å²) < 4.78 is 0. The number of rotatable bonds is 6. The highest BCUT2D eigenvalue weighted by Gasteiger charge is 2.00. The molecule has 8 heteroatoms. The average molecular weight is 270 g/mol. The van der Waals surface area contributed by atoms with Gasteiger partial charge < -0.3 is 30.6 Å². The summed E-state index contributed by atoms with van der Waals surface area (Å²) in [4.78, 5) is 19.3. The minimum Gasteiger partial charge on any atom is -0.481 e. The van der Waals surface area contributed by atoms with Gasteiger partial charge in [0.15, 0.2) is 6.29 Å². The number of carboxylic acids is 2. The van der Waals surface area contributed by atoms with Crippen molar-refractivity contribution < 1.29 is 40.2 Å². The van der Waals surface area contributed by atoms with Crippen molar-refractivity contribution in [2.24, 2.45) is 0 Å². The second-order valence-corrected chi connectivity index (χ2v) is 3.00. The molecule has 18 heavy (non-hydrogen) atoms. The Morgan fingerprint density at radius 3 is 1.33 bits per heavy atom. The van der Waals surface area contributed by atoms with Crippen LogP contribution >= 0.6 is 0 Å². The van der Waals surface area contributed by atoms with Crippen molar-refractivity contribution in [1.29, 1.82) is 0 Å². The molecule has 0 heterocycles. The molecule has 110 valence electrons. The van der Waals surface area contributed by atoms with Crippen LogP contribution < -0.4 is 0 Å². The van der Waals surface area contributed by atoms with E-state index < -0.39 is 18.2 Å². The average Bonchev–Trinajstić information content (AvgIpc) is 2.27. The molecule has 6 N–H and O–H groups in total. The summed E-state index contributed by atoms with van der Waals surface area (Å²) >= 11 is 0. The Morgan fingerprint density at radius 1 is 0.944 bits per heavy atom. The standard InChI is InChI=1S/C4H6O4.C4H10O2.C2H6O2/c5-3(6)1-2-4(7)8;1-2-3-4(5)6;3-1-2-4/h1-2H2,(H,5,6)(H,7,8);4-6H,2-3H2,1H3;3-4H,1-2H2. The van der Waals surface area contributed by atoms with Crippen LogP contribution in [0.3, 0.4) is 0 Å². The fourth-order valence-corrected chi connectivity index (χ4v) is 0.472. The van der Waals surface area contributed by atoms with Gasteiger partial charge in [-0.25, -0.2) is 0 Å². The fraction of sp³-hybridized carbons (Fsp3) is 0.800. The van der Waals surface area contributed by atoms with Gasteiger partial charge in [-0.2, -0.15) is 0 Å². The molecule has 0 saturated heterocycles. The van der Waals surface area contributed by atoms with Crippen LogP contribution in [0.2, 0.25) is 0 Å². The number of carboxylic acid groups (broad SMARTS) is 2. The van der Waals surface area contributed by atoms with Gasteiger partial charge in [-0.3, -0.25) is 9.59 Å². The van der Waals surface area contributed by atoms with Crippen molar-refractivity contribution >= 4 is 11.9 Å². The molecule has 0 fully saturated rings. The number of aliphatic hydroxyl groups excluding tert-OH is 3. The number of carbonyl (C=O) groups is 2. The highest BCUT2D eigenvalue weighted by molar-refractivity contribution is 5.75. The lowest BCUT2D eigenvalue weighted by Crippen LogP contribution is -2.01. The Morgan fingerprint density at radius 2 is 1.28 bits per heavy atom. The largest absolute Gasteiger partial charge is 0.481 e. The number of hydrogen-bond acceptors (Lipinski definition) is 6. The smallest absolute Gasteiger partial charge is 0.303 e. The van der Waals surface area contributed by atoms with E-state index in [9.17, 15) is 9.59 Å². The molecule has 0 unspecified atom stereocenters. The zero-order valence-corrected chi connectivity index (χ0v) is 10.3. The molecule has 0 aliphatic carbocycles. The fourth-order valence-electron chi connectivity index (χ4n) is 0.472. The van der Waals surface area contributed by atoms with Crippen molar-refractivity contribution in [2.45, 2.75) is 38.9 Å². The molecule has 0 aliphatic heterocycles. The van der Waals surface area contributed by atoms with Crippen LogP contribution in [0.25, 0.3) is 0 Å². The van der Waals surface area contributed by atoms with Gasteiger partial charge in [0.25, 0.3) is 0 Å². The van der Waals surface area contributed by atoms with Crippen LogP contribution in [0.1, 0.15) is 32.6 Å². The molecular weight excluding hydrogens is 248 g/mol. The topological polar surface area (TPSA) is 156 Å². The minimum absolute atomic E-state index is 0.125. The summed E-state index contributed by atoms with van der Waals surface area (Å²) in [5, 5.41) is 47.3. The summed E-state index contributed by atoms with van der Waals surface area (Å²) in [5.74, 6) is -2.15. The Kier molecular flexibility index (Phi) is 22.2. The molecule has 0 aromatic rings. The summed E-state index contributed by atoms with van der Waals surface area (Å²) in [6.45, 7) is 1.65. The first-order chi connectivity index (χ1) is 8.31. The maximum atomic E-state index is 9.64. The van der Waals surface area contributed by atoms with Crippen molar-refractivity contribution in [3.05, 3.63) is 0 Å². The Bertz CT molecular complexity index is 176. The molecule has 0 amide bonds. The molecule has 0 atom stereocenters. The van der Waals surface area contributed by atoms with E-state index in [4.69, 9.17) is 30.6 Å². The first-order valence-corrected chi connectivity index (χ1v) is 5.33. The van der Waals surface area contributed by atoms with E-state index in [1.165, 1.54) is 0 Å². The van der Waals surface area contributed by atoms with Gasteiger partial charge >= 0.3 is 11.9 Å². The van der Waals surface area contributed by atoms with Crippen molar-refractivity contribution in [2.75, 3.05) is 13.2 Å². The number of hydrogen-bond donors (Lipinski definition) is 6. The van der Waals surface area contributed by atoms with E-state index in [0.717, 1.165) is 6.42 Å². The summed E-state index contributed by atoms with van der Waals surface area (Å²) in [7, 11) is 0. The van der Waals surface area contributed by atoms with E-state index in [1.54, 1.807) is 0 Å². The predicted octanol–water partition coefficient (Wildman–Crippen LogP) is -0.996. The van der Waals surface area contributed by atoms with E-state index in [2.05, 4.69) is 0 Å². The number of aliphatic carboxylic acids is 2. The monoisotopic (exact) mass is 270 g/mol. The molecular formula is C10H22O8. The maximum absolute atomic E-state index is 9.64. The van der Waals surface area contributed by atoms with Gasteiger partial charge in [0.2, 0.25) is 0 Å². The van der Waals surface area contributed by atoms with E-state index in [-0.39, 0.29) is 26.1 Å². The highest BCUT2D eigenvalue weighted by atomic mass is 16.5. The molecule has 0 aromatic heterocycles. The highest BCUT2D eigenvalue weighted by Crippen LogP contribution is 1.88. The summed E-state index contributed by atoms with van der Waals surface area (Å²) in [6, 6.07) is 0. The van der Waals surface area contributed by atoms with Crippen molar-refractivity contribution in [3.8, 4) is 0 Å². The van der Waals surface area contributed by atoms with Crippen LogP contribution in [-0.4, -0.2) is 62.1 Å². The minimum atomic E-state index is -1.10. The third kappa shape index (κ3) is 46.4. The lowest BCUT2D eigenvalue weighted by atomic mass is 10.3. The van der Waals surface area contributed by atoms with Gasteiger partial charge in [0, 0.05) is 0 Å². The van der Waals surface area contributed by atoms with E-state index in [1.807, 2.05) is 6.92 Å². The summed E-state index contributed by atoms with van der Waals surface area (Å²) in [6.07, 6.45) is -0.377. The van der Waals surface area contributed by atoms with Gasteiger partial charge in [-0.15, -0.1) is 0 Å². The lowest BCUT2D eigenvalue weighted by molar-refractivity contribution is -0.143. The predicted molar refractivity (Wildman–Crippen MR) is 61.8 cm³/mol. The van der Waals surface area contributed by atoms with Crippen LogP contribution in [-0.2, 0) is 9.59 Å². The maximum Gasteiger partial charge on any atom is 0.303 e. The van der Waals surface area contributed by atoms with Crippen molar-refractivity contribution in [3.63, 3.8) is 0 Å². The molecule has 0 aliphatic rings. The molecule has 8 nitrogen and oxygen atoms in total. The molecule has 0 radical (unpaired) electrons. The van der Waals surface area contributed by atoms with Crippen LogP contribution in [0.15, 0.2) is 0 Å². The third-order valence-electron chi connectivity index (χ3n) is 1.20. The van der Waals surface area contributed by atoms with E-state index >= 15 is 0 Å². The quantitative estimate of drug-likeness (QED) is 0.336. The van der Waals surface area contributed by atoms with Crippen LogP contribution in [0, 0.1) is 0 Å². The zero-order chi connectivity index (χ0) is 15.0.